The largest absolute Gasteiger partial charge is 0.256 e. The highest BCUT2D eigenvalue weighted by Crippen LogP contribution is 2.44. The minimum atomic E-state index is 0.585. The Morgan fingerprint density at radius 3 is 1.23 bits per heavy atom. The molecule has 0 saturated carbocycles. The van der Waals surface area contributed by atoms with Crippen LogP contribution in [0.1, 0.15) is 16.7 Å². The second-order valence-corrected chi connectivity index (χ2v) is 19.5. The number of nitrogens with zero attached hydrogens (tertiary/aromatic N) is 5. The van der Waals surface area contributed by atoms with Gasteiger partial charge in [0.2, 0.25) is 0 Å². The molecule has 0 atom stereocenters. The van der Waals surface area contributed by atoms with Gasteiger partial charge < -0.3 is 0 Å². The van der Waals surface area contributed by atoms with Crippen molar-refractivity contribution >= 4 is 5.69 Å². The van der Waals surface area contributed by atoms with Gasteiger partial charge in [0.05, 0.1) is 35.3 Å². The zero-order chi connectivity index (χ0) is 53.0. The molecule has 366 valence electrons. The van der Waals surface area contributed by atoms with E-state index < -0.39 is 0 Å². The first-order valence-electron chi connectivity index (χ1n) is 26.0. The minimum Gasteiger partial charge on any atom is -0.256 e. The molecule has 78 heavy (non-hydrogen) atoms. The molecule has 0 N–H and O–H groups in total. The Bertz CT molecular complexity index is 4130. The molecule has 0 radical (unpaired) electrons. The van der Waals surface area contributed by atoms with Crippen molar-refractivity contribution in [3.05, 3.63) is 289 Å². The minimum absolute atomic E-state index is 0.585. The highest BCUT2D eigenvalue weighted by atomic mass is 14.7. The number of rotatable bonds is 11. The van der Waals surface area contributed by atoms with Gasteiger partial charge in [-0.3, -0.25) is 15.0 Å². The van der Waals surface area contributed by atoms with Gasteiger partial charge in [-0.1, -0.05) is 182 Å². The Kier molecular flexibility index (Phi) is 13.2. The molecule has 0 aliphatic rings. The number of benzene rings is 9. The van der Waals surface area contributed by atoms with Gasteiger partial charge >= 0.3 is 0 Å². The van der Waals surface area contributed by atoms with Gasteiger partial charge in [-0.05, 0) is 164 Å². The molecule has 5 nitrogen and oxygen atoms in total. The first kappa shape index (κ1) is 48.4. The van der Waals surface area contributed by atoms with Gasteiger partial charge in [-0.25, -0.2) is 4.85 Å². The highest BCUT2D eigenvalue weighted by molar-refractivity contribution is 5.95. The van der Waals surface area contributed by atoms with Crippen LogP contribution in [0.3, 0.4) is 0 Å². The van der Waals surface area contributed by atoms with E-state index >= 15 is 0 Å². The second kappa shape index (κ2) is 21.3. The van der Waals surface area contributed by atoms with E-state index in [-0.39, 0.29) is 0 Å². The van der Waals surface area contributed by atoms with Crippen molar-refractivity contribution in [1.29, 1.82) is 5.26 Å². The molecule has 0 saturated heterocycles. The number of aromatic nitrogens is 3. The topological polar surface area (TPSA) is 66.8 Å². The summed E-state index contributed by atoms with van der Waals surface area (Å²) in [6.07, 6.45) is 5.93. The van der Waals surface area contributed by atoms with Crippen LogP contribution in [0.5, 0.6) is 0 Å². The molecule has 5 heteroatoms. The maximum absolute atomic E-state index is 9.63. The SMILES string of the molecule is [C-]#[N+]c1cccc(-c2cc(C)c(-c3ccccc3-c3cc(-c4ccccc4-c4ccc(-c5cccc(-c6ccc(-c7ccccc7)cc6)c5)nc4)cc(-c4ccccc4-c4cnc(-c5cccc(C#N)c5)cc4C)c3)cn2)c1. The Morgan fingerprint density at radius 2 is 0.705 bits per heavy atom. The Hall–Kier alpha value is -10.6. The quantitative estimate of drug-likeness (QED) is 0.121. The first-order chi connectivity index (χ1) is 38.4. The van der Waals surface area contributed by atoms with Gasteiger partial charge in [0.1, 0.15) is 0 Å². The third-order valence-corrected chi connectivity index (χ3v) is 14.6. The molecule has 3 aromatic heterocycles. The average Bonchev–Trinajstić information content (AvgIpc) is 3.53. The number of hydrogen-bond acceptors (Lipinski definition) is 4. The lowest BCUT2D eigenvalue weighted by Crippen LogP contribution is -1.95. The van der Waals surface area contributed by atoms with Crippen molar-refractivity contribution in [2.24, 2.45) is 0 Å². The maximum atomic E-state index is 9.63. The molecule has 12 rings (SSSR count). The third-order valence-electron chi connectivity index (χ3n) is 14.6. The Balaban J connectivity index is 0.953. The lowest BCUT2D eigenvalue weighted by atomic mass is 9.86. The van der Waals surface area contributed by atoms with Crippen LogP contribution in [0.25, 0.3) is 128 Å². The second-order valence-electron chi connectivity index (χ2n) is 19.5. The normalized spacial score (nSPS) is 10.9. The van der Waals surface area contributed by atoms with E-state index in [1.54, 1.807) is 0 Å². The summed E-state index contributed by atoms with van der Waals surface area (Å²) in [4.78, 5) is 18.7. The fourth-order valence-electron chi connectivity index (χ4n) is 10.6. The van der Waals surface area contributed by atoms with E-state index in [1.165, 1.54) is 11.1 Å². The Labute approximate surface area is 455 Å². The molecule has 0 amide bonds. The summed E-state index contributed by atoms with van der Waals surface area (Å²) in [5.74, 6) is 0. The van der Waals surface area contributed by atoms with Crippen molar-refractivity contribution < 1.29 is 0 Å². The number of pyridine rings is 3. The smallest absolute Gasteiger partial charge is 0.187 e. The summed E-state index contributed by atoms with van der Waals surface area (Å²) in [5.41, 5.74) is 26.1. The van der Waals surface area contributed by atoms with Crippen LogP contribution >= 0.6 is 0 Å². The maximum Gasteiger partial charge on any atom is 0.187 e. The molecule has 0 unspecified atom stereocenters. The van der Waals surface area contributed by atoms with Crippen LogP contribution in [0.4, 0.5) is 5.69 Å². The zero-order valence-corrected chi connectivity index (χ0v) is 43.1. The van der Waals surface area contributed by atoms with Crippen molar-refractivity contribution in [1.82, 2.24) is 15.0 Å². The number of nitriles is 1. The van der Waals surface area contributed by atoms with Gasteiger partial charge in [-0.15, -0.1) is 0 Å². The highest BCUT2D eigenvalue weighted by Gasteiger charge is 2.19. The molecule has 0 aliphatic heterocycles. The van der Waals surface area contributed by atoms with Gasteiger partial charge in [-0.2, -0.15) is 5.26 Å². The van der Waals surface area contributed by atoms with E-state index in [4.69, 9.17) is 21.5 Å². The summed E-state index contributed by atoms with van der Waals surface area (Å²) in [6, 6.07) is 86.6. The summed E-state index contributed by atoms with van der Waals surface area (Å²) in [5, 5.41) is 9.63. The lowest BCUT2D eigenvalue weighted by Gasteiger charge is -2.19. The molecule has 0 aliphatic carbocycles. The molecular weight excluding hydrogens is 947 g/mol. The lowest BCUT2D eigenvalue weighted by molar-refractivity contribution is 1.28. The molecule has 3 heterocycles. The van der Waals surface area contributed by atoms with Crippen LogP contribution in [0.2, 0.25) is 0 Å². The molecule has 0 spiro atoms. The van der Waals surface area contributed by atoms with Crippen molar-refractivity contribution in [2.75, 3.05) is 0 Å². The van der Waals surface area contributed by atoms with Crippen LogP contribution in [0.15, 0.2) is 261 Å². The van der Waals surface area contributed by atoms with Crippen LogP contribution < -0.4 is 0 Å². The van der Waals surface area contributed by atoms with Crippen molar-refractivity contribution in [2.45, 2.75) is 13.8 Å². The fourth-order valence-corrected chi connectivity index (χ4v) is 10.6. The predicted octanol–water partition coefficient (Wildman–Crippen LogP) is 19.2. The van der Waals surface area contributed by atoms with Gasteiger partial charge in [0.25, 0.3) is 0 Å². The summed E-state index contributed by atoms with van der Waals surface area (Å²) in [7, 11) is 0. The van der Waals surface area contributed by atoms with E-state index in [1.807, 2.05) is 73.2 Å². The fraction of sp³-hybridized carbons (Fsp3) is 0.0274. The van der Waals surface area contributed by atoms with Crippen LogP contribution in [0, 0.1) is 31.8 Å². The van der Waals surface area contributed by atoms with Gasteiger partial charge in [0, 0.05) is 46.4 Å². The third kappa shape index (κ3) is 9.80. The first-order valence-corrected chi connectivity index (χ1v) is 26.0. The average molecular weight is 996 g/mol. The van der Waals surface area contributed by atoms with E-state index in [0.29, 0.717) is 11.3 Å². The van der Waals surface area contributed by atoms with Crippen molar-refractivity contribution in [3.8, 4) is 129 Å². The molecule has 12 aromatic rings. The standard InChI is InChI=1S/C73H49N5/c1-48-36-72(55-20-13-16-50(38-55)44-74)77-46-69(48)67-28-11-9-26-65(67)60-40-59(41-61(42-60)66-27-10-12-29-68(66)70-47-78-73(37-49(70)2)57-22-15-23-62(43-57)75-3)64-25-8-7-24-63(64)58-34-35-71(76-45-58)56-21-14-19-54(39-56)53-32-30-52(31-33-53)51-17-5-4-6-18-51/h4-43,45-47H,1-2H3. The van der Waals surface area contributed by atoms with Crippen molar-refractivity contribution in [3.63, 3.8) is 0 Å². The van der Waals surface area contributed by atoms with E-state index in [0.717, 1.165) is 123 Å². The van der Waals surface area contributed by atoms with Gasteiger partial charge in [0.15, 0.2) is 5.69 Å². The number of aryl methyl sites for hydroxylation is 2. The number of hydrogen-bond donors (Lipinski definition) is 0. The zero-order valence-electron chi connectivity index (χ0n) is 43.1. The molecular formula is C73H49N5. The summed E-state index contributed by atoms with van der Waals surface area (Å²) in [6.45, 7) is 11.8. The summed E-state index contributed by atoms with van der Waals surface area (Å²) >= 11 is 0. The molecule has 0 bridgehead atoms. The molecule has 9 aromatic carbocycles. The van der Waals surface area contributed by atoms with Crippen LogP contribution in [-0.4, -0.2) is 15.0 Å². The van der Waals surface area contributed by atoms with Crippen LogP contribution in [-0.2, 0) is 0 Å². The summed E-state index contributed by atoms with van der Waals surface area (Å²) < 4.78 is 0. The van der Waals surface area contributed by atoms with E-state index in [2.05, 4.69) is 213 Å². The molecule has 0 fully saturated rings. The monoisotopic (exact) mass is 995 g/mol. The Morgan fingerprint density at radius 1 is 0.308 bits per heavy atom. The predicted molar refractivity (Wildman–Crippen MR) is 320 cm³/mol. The van der Waals surface area contributed by atoms with E-state index in [9.17, 15) is 5.26 Å².